The Bertz CT molecular complexity index is 517. The van der Waals surface area contributed by atoms with Crippen molar-refractivity contribution in [3.8, 4) is 5.75 Å². The fourth-order valence-corrected chi connectivity index (χ4v) is 2.57. The van der Waals surface area contributed by atoms with Crippen LogP contribution in [0.1, 0.15) is 57.9 Å². The number of nitrogens with two attached hydrogens (primary N) is 1. The molecule has 5 heteroatoms. The Balaban J connectivity index is 2.43. The number of aliphatic hydroxyl groups is 1. The van der Waals surface area contributed by atoms with Crippen molar-refractivity contribution in [2.24, 2.45) is 5.73 Å². The number of benzene rings is 1. The zero-order chi connectivity index (χ0) is 18.0. The standard InChI is InChI=1S/C19H30ClNO3/c1-3-4-5-6-7-8-11-24-17-10-9-15(12-16(17)20)13-18(23)19(2,21)14-22/h9-10,12,22H,3-8,11,13-14,21H2,1-2H3/t19-/m0/s1. The van der Waals surface area contributed by atoms with Gasteiger partial charge in [-0.2, -0.15) is 0 Å². The molecule has 0 heterocycles. The maximum absolute atomic E-state index is 12.0. The number of halogens is 1. The Kier molecular flexibility index (Phi) is 9.34. The number of rotatable bonds is 12. The first-order valence-corrected chi connectivity index (χ1v) is 9.12. The number of carbonyl (C=O) groups excluding carboxylic acids is 1. The molecule has 0 saturated carbocycles. The van der Waals surface area contributed by atoms with E-state index < -0.39 is 5.54 Å². The van der Waals surface area contributed by atoms with E-state index >= 15 is 0 Å². The summed E-state index contributed by atoms with van der Waals surface area (Å²) in [7, 11) is 0. The largest absolute Gasteiger partial charge is 0.492 e. The van der Waals surface area contributed by atoms with Gasteiger partial charge in [0.15, 0.2) is 5.78 Å². The van der Waals surface area contributed by atoms with Gasteiger partial charge in [-0.3, -0.25) is 4.79 Å². The minimum absolute atomic E-state index is 0.144. The van der Waals surface area contributed by atoms with Crippen molar-refractivity contribution < 1.29 is 14.6 Å². The van der Waals surface area contributed by atoms with E-state index in [1.54, 1.807) is 12.1 Å². The summed E-state index contributed by atoms with van der Waals surface area (Å²) in [4.78, 5) is 12.0. The summed E-state index contributed by atoms with van der Waals surface area (Å²) < 4.78 is 5.71. The summed E-state index contributed by atoms with van der Waals surface area (Å²) in [5.41, 5.74) is 5.29. The number of aliphatic hydroxyl groups excluding tert-OH is 1. The SMILES string of the molecule is CCCCCCCCOc1ccc(CC(=O)[C@@](C)(N)CO)cc1Cl. The molecular formula is C19H30ClNO3. The van der Waals surface area contributed by atoms with Gasteiger partial charge in [-0.05, 0) is 31.0 Å². The number of hydrogen-bond acceptors (Lipinski definition) is 4. The topological polar surface area (TPSA) is 72.5 Å². The molecule has 0 fully saturated rings. The number of Topliss-reactive ketones (excluding diaryl/α,β-unsaturated/α-hetero) is 1. The van der Waals surface area contributed by atoms with Gasteiger partial charge in [-0.15, -0.1) is 0 Å². The summed E-state index contributed by atoms with van der Waals surface area (Å²) >= 11 is 6.23. The lowest BCUT2D eigenvalue weighted by atomic mass is 9.93. The predicted molar refractivity (Wildman–Crippen MR) is 98.7 cm³/mol. The Morgan fingerprint density at radius 1 is 1.25 bits per heavy atom. The second-order valence-corrected chi connectivity index (χ2v) is 6.96. The molecule has 4 nitrogen and oxygen atoms in total. The van der Waals surface area contributed by atoms with E-state index in [-0.39, 0.29) is 18.8 Å². The van der Waals surface area contributed by atoms with Gasteiger partial charge in [0.25, 0.3) is 0 Å². The van der Waals surface area contributed by atoms with Crippen LogP contribution in [0.2, 0.25) is 5.02 Å². The minimum atomic E-state index is -1.22. The van der Waals surface area contributed by atoms with Crippen LogP contribution < -0.4 is 10.5 Å². The van der Waals surface area contributed by atoms with Crippen LogP contribution in [0.5, 0.6) is 5.75 Å². The van der Waals surface area contributed by atoms with E-state index in [1.807, 2.05) is 6.07 Å². The number of carbonyl (C=O) groups is 1. The second kappa shape index (κ2) is 10.7. The lowest BCUT2D eigenvalue weighted by molar-refractivity contribution is -0.124. The first-order valence-electron chi connectivity index (χ1n) is 8.75. The fraction of sp³-hybridized carbons (Fsp3) is 0.632. The van der Waals surface area contributed by atoms with Crippen molar-refractivity contribution in [3.63, 3.8) is 0 Å². The Morgan fingerprint density at radius 2 is 1.92 bits per heavy atom. The summed E-state index contributed by atoms with van der Waals surface area (Å²) in [6.45, 7) is 4.00. The van der Waals surface area contributed by atoms with E-state index in [4.69, 9.17) is 27.2 Å². The van der Waals surface area contributed by atoms with Crippen LogP contribution in [0.4, 0.5) is 0 Å². The molecule has 0 amide bonds. The molecule has 3 N–H and O–H groups in total. The van der Waals surface area contributed by atoms with Gasteiger partial charge in [0.2, 0.25) is 0 Å². The summed E-state index contributed by atoms with van der Waals surface area (Å²) in [5, 5.41) is 9.63. The molecule has 0 aliphatic rings. The van der Waals surface area contributed by atoms with Crippen LogP contribution in [0, 0.1) is 0 Å². The number of unbranched alkanes of at least 4 members (excludes halogenated alkanes) is 5. The van der Waals surface area contributed by atoms with Crippen molar-refractivity contribution in [3.05, 3.63) is 28.8 Å². The van der Waals surface area contributed by atoms with Gasteiger partial charge in [-0.1, -0.05) is 56.7 Å². The lowest BCUT2D eigenvalue weighted by Gasteiger charge is -2.20. The highest BCUT2D eigenvalue weighted by Gasteiger charge is 2.27. The first-order chi connectivity index (χ1) is 11.4. The van der Waals surface area contributed by atoms with Gasteiger partial charge >= 0.3 is 0 Å². The zero-order valence-corrected chi connectivity index (χ0v) is 15.6. The van der Waals surface area contributed by atoms with Gasteiger partial charge in [0.1, 0.15) is 5.75 Å². The monoisotopic (exact) mass is 355 g/mol. The molecule has 136 valence electrons. The molecule has 0 spiro atoms. The second-order valence-electron chi connectivity index (χ2n) is 6.56. The van der Waals surface area contributed by atoms with E-state index in [0.717, 1.165) is 12.0 Å². The maximum Gasteiger partial charge on any atom is 0.159 e. The third-order valence-electron chi connectivity index (χ3n) is 4.08. The highest BCUT2D eigenvalue weighted by Crippen LogP contribution is 2.26. The first kappa shape index (κ1) is 20.9. The highest BCUT2D eigenvalue weighted by molar-refractivity contribution is 6.32. The molecule has 0 aliphatic carbocycles. The molecule has 0 unspecified atom stereocenters. The minimum Gasteiger partial charge on any atom is -0.492 e. The average Bonchev–Trinajstić information content (AvgIpc) is 2.55. The normalized spacial score (nSPS) is 13.5. The summed E-state index contributed by atoms with van der Waals surface area (Å²) in [5.74, 6) is 0.418. The molecule has 0 aromatic heterocycles. The molecule has 0 radical (unpaired) electrons. The molecular weight excluding hydrogens is 326 g/mol. The van der Waals surface area contributed by atoms with Crippen LogP contribution in [-0.4, -0.2) is 29.6 Å². The van der Waals surface area contributed by atoms with Crippen molar-refractivity contribution in [2.75, 3.05) is 13.2 Å². The van der Waals surface area contributed by atoms with Crippen LogP contribution in [0.25, 0.3) is 0 Å². The Hall–Kier alpha value is -1.10. The smallest absolute Gasteiger partial charge is 0.159 e. The fourth-order valence-electron chi connectivity index (χ4n) is 2.31. The molecule has 1 aromatic carbocycles. The molecule has 1 rings (SSSR count). The number of ether oxygens (including phenoxy) is 1. The van der Waals surface area contributed by atoms with Crippen molar-refractivity contribution >= 4 is 17.4 Å². The third-order valence-corrected chi connectivity index (χ3v) is 4.38. The highest BCUT2D eigenvalue weighted by atomic mass is 35.5. The third kappa shape index (κ3) is 7.20. The Labute approximate surface area is 150 Å². The average molecular weight is 356 g/mol. The van der Waals surface area contributed by atoms with Crippen LogP contribution in [-0.2, 0) is 11.2 Å². The molecule has 0 bridgehead atoms. The van der Waals surface area contributed by atoms with E-state index in [0.29, 0.717) is 17.4 Å². The molecule has 1 aromatic rings. The van der Waals surface area contributed by atoms with E-state index in [1.165, 1.54) is 39.0 Å². The van der Waals surface area contributed by atoms with E-state index in [9.17, 15) is 4.79 Å². The van der Waals surface area contributed by atoms with Crippen molar-refractivity contribution in [2.45, 2.75) is 64.3 Å². The number of ketones is 1. The van der Waals surface area contributed by atoms with Crippen LogP contribution >= 0.6 is 11.6 Å². The summed E-state index contributed by atoms with van der Waals surface area (Å²) in [6.07, 6.45) is 7.41. The molecule has 1 atom stereocenters. The van der Waals surface area contributed by atoms with Gasteiger partial charge in [-0.25, -0.2) is 0 Å². The lowest BCUT2D eigenvalue weighted by Crippen LogP contribution is -2.49. The molecule has 24 heavy (non-hydrogen) atoms. The predicted octanol–water partition coefficient (Wildman–Crippen LogP) is 3.90. The molecule has 0 saturated heterocycles. The number of hydrogen-bond donors (Lipinski definition) is 2. The van der Waals surface area contributed by atoms with Crippen molar-refractivity contribution in [1.29, 1.82) is 0 Å². The van der Waals surface area contributed by atoms with Crippen LogP contribution in [0.3, 0.4) is 0 Å². The molecule has 0 aliphatic heterocycles. The van der Waals surface area contributed by atoms with Gasteiger partial charge in [0.05, 0.1) is 23.8 Å². The van der Waals surface area contributed by atoms with E-state index in [2.05, 4.69) is 6.92 Å². The van der Waals surface area contributed by atoms with Crippen LogP contribution in [0.15, 0.2) is 18.2 Å². The maximum atomic E-state index is 12.0. The summed E-state index contributed by atoms with van der Waals surface area (Å²) in [6, 6.07) is 5.33. The van der Waals surface area contributed by atoms with Gasteiger partial charge < -0.3 is 15.6 Å². The zero-order valence-electron chi connectivity index (χ0n) is 14.8. The van der Waals surface area contributed by atoms with Crippen molar-refractivity contribution in [1.82, 2.24) is 0 Å². The Morgan fingerprint density at radius 3 is 2.54 bits per heavy atom. The quantitative estimate of drug-likeness (QED) is 0.558. The van der Waals surface area contributed by atoms with Gasteiger partial charge in [0, 0.05) is 6.42 Å².